The normalized spacial score (nSPS) is 15.9. The molecule has 1 amide bonds. The Kier molecular flexibility index (Phi) is 5.77. The molecule has 9 heteroatoms. The Morgan fingerprint density at radius 1 is 1.20 bits per heavy atom. The predicted octanol–water partition coefficient (Wildman–Crippen LogP) is 3.79. The minimum absolute atomic E-state index is 0.122. The van der Waals surface area contributed by atoms with E-state index >= 15 is 0 Å². The zero-order valence-corrected chi connectivity index (χ0v) is 18.5. The summed E-state index contributed by atoms with van der Waals surface area (Å²) in [5, 5.41) is 11.9. The van der Waals surface area contributed by atoms with Gasteiger partial charge in [-0.15, -0.1) is 11.3 Å². The second-order valence-electron chi connectivity index (χ2n) is 7.58. The topological polar surface area (TPSA) is 95.2 Å². The number of amides is 1. The molecule has 0 spiro atoms. The number of nitrogens with one attached hydrogen (secondary N) is 2. The van der Waals surface area contributed by atoms with Gasteiger partial charge in [-0.2, -0.15) is 9.40 Å². The maximum Gasteiger partial charge on any atom is 0.243 e. The van der Waals surface area contributed by atoms with Crippen molar-refractivity contribution in [2.75, 3.05) is 18.4 Å². The number of H-pyrrole nitrogens is 1. The summed E-state index contributed by atoms with van der Waals surface area (Å²) in [7, 11) is -3.55. The highest BCUT2D eigenvalue weighted by Gasteiger charge is 2.33. The number of sulfonamides is 1. The molecule has 3 aromatic rings. The van der Waals surface area contributed by atoms with E-state index in [2.05, 4.69) is 15.5 Å². The van der Waals surface area contributed by atoms with Crippen molar-refractivity contribution in [1.29, 1.82) is 0 Å². The number of thiophene rings is 1. The van der Waals surface area contributed by atoms with Crippen LogP contribution in [0, 0.1) is 19.8 Å². The van der Waals surface area contributed by atoms with E-state index in [9.17, 15) is 13.2 Å². The molecule has 4 rings (SSSR count). The second kappa shape index (κ2) is 8.33. The van der Waals surface area contributed by atoms with Crippen LogP contribution in [0.1, 0.15) is 24.0 Å². The first-order valence-corrected chi connectivity index (χ1v) is 12.1. The molecule has 158 valence electrons. The molecule has 0 aliphatic carbocycles. The minimum Gasteiger partial charge on any atom is -0.309 e. The van der Waals surface area contributed by atoms with Gasteiger partial charge < -0.3 is 5.32 Å². The van der Waals surface area contributed by atoms with E-state index in [-0.39, 0.29) is 11.8 Å². The lowest BCUT2D eigenvalue weighted by molar-refractivity contribution is -0.120. The molecule has 0 saturated carbocycles. The molecule has 0 radical (unpaired) electrons. The van der Waals surface area contributed by atoms with Crippen LogP contribution < -0.4 is 5.32 Å². The summed E-state index contributed by atoms with van der Waals surface area (Å²) in [5.74, 6) is 0.119. The van der Waals surface area contributed by atoms with Crippen LogP contribution in [0.4, 0.5) is 5.82 Å². The Balaban J connectivity index is 1.37. The van der Waals surface area contributed by atoms with Gasteiger partial charge in [0.1, 0.15) is 0 Å². The van der Waals surface area contributed by atoms with Gasteiger partial charge in [-0.05, 0) is 49.8 Å². The van der Waals surface area contributed by atoms with Crippen molar-refractivity contribution >= 4 is 33.1 Å². The molecular weight excluding hydrogens is 420 g/mol. The molecule has 2 aromatic heterocycles. The number of carbonyl (C=O) groups is 1. The third-order valence-electron chi connectivity index (χ3n) is 5.39. The Labute approximate surface area is 180 Å². The summed E-state index contributed by atoms with van der Waals surface area (Å²) in [4.78, 5) is 14.0. The van der Waals surface area contributed by atoms with Crippen molar-refractivity contribution in [3.63, 3.8) is 0 Å². The summed E-state index contributed by atoms with van der Waals surface area (Å²) in [6.07, 6.45) is 0.969. The number of aryl methyl sites for hydroxylation is 2. The number of aromatic amines is 1. The monoisotopic (exact) mass is 444 g/mol. The lowest BCUT2D eigenvalue weighted by Crippen LogP contribution is -2.41. The fourth-order valence-electron chi connectivity index (χ4n) is 3.76. The van der Waals surface area contributed by atoms with Crippen LogP contribution in [0.25, 0.3) is 10.6 Å². The molecule has 1 aliphatic rings. The van der Waals surface area contributed by atoms with E-state index in [0.29, 0.717) is 36.6 Å². The number of hydrogen-bond donors (Lipinski definition) is 2. The molecule has 0 bridgehead atoms. The molecule has 1 fully saturated rings. The summed E-state index contributed by atoms with van der Waals surface area (Å²) in [6.45, 7) is 4.41. The van der Waals surface area contributed by atoms with E-state index < -0.39 is 10.0 Å². The first-order chi connectivity index (χ1) is 14.3. The van der Waals surface area contributed by atoms with Crippen LogP contribution in [0.3, 0.4) is 0 Å². The quantitative estimate of drug-likeness (QED) is 0.626. The molecule has 2 N–H and O–H groups in total. The van der Waals surface area contributed by atoms with E-state index in [1.165, 1.54) is 4.31 Å². The van der Waals surface area contributed by atoms with E-state index in [1.807, 2.05) is 49.6 Å². The summed E-state index contributed by atoms with van der Waals surface area (Å²) in [5.41, 5.74) is 2.63. The molecule has 30 heavy (non-hydrogen) atoms. The number of piperidine rings is 1. The third-order valence-corrected chi connectivity index (χ3v) is 8.35. The lowest BCUT2D eigenvalue weighted by Gasteiger charge is -2.30. The van der Waals surface area contributed by atoms with Gasteiger partial charge >= 0.3 is 0 Å². The van der Waals surface area contributed by atoms with Crippen LogP contribution >= 0.6 is 11.3 Å². The lowest BCUT2D eigenvalue weighted by atomic mass is 9.97. The highest BCUT2D eigenvalue weighted by atomic mass is 32.2. The van der Waals surface area contributed by atoms with Gasteiger partial charge in [-0.25, -0.2) is 8.42 Å². The SMILES string of the molecule is Cc1ccc(S(=O)(=O)N2CCC(C(=O)Nc3cc(-c4cccs4)[nH]n3)CC2)c(C)c1. The van der Waals surface area contributed by atoms with E-state index in [1.54, 1.807) is 17.4 Å². The van der Waals surface area contributed by atoms with Crippen LogP contribution in [-0.4, -0.2) is 41.9 Å². The Hall–Kier alpha value is -2.49. The first-order valence-electron chi connectivity index (χ1n) is 9.82. The van der Waals surface area contributed by atoms with Crippen LogP contribution in [0.5, 0.6) is 0 Å². The fraction of sp³-hybridized carbons (Fsp3) is 0.333. The van der Waals surface area contributed by atoms with Crippen LogP contribution in [0.2, 0.25) is 0 Å². The maximum absolute atomic E-state index is 13.0. The average molecular weight is 445 g/mol. The molecule has 0 atom stereocenters. The van der Waals surface area contributed by atoms with Crippen LogP contribution in [-0.2, 0) is 14.8 Å². The van der Waals surface area contributed by atoms with Crippen molar-refractivity contribution in [2.24, 2.45) is 5.92 Å². The summed E-state index contributed by atoms with van der Waals surface area (Å²) in [6, 6.07) is 11.1. The number of nitrogens with zero attached hydrogens (tertiary/aromatic N) is 2. The smallest absolute Gasteiger partial charge is 0.243 e. The van der Waals surface area contributed by atoms with Gasteiger partial charge in [-0.1, -0.05) is 23.8 Å². The second-order valence-corrected chi connectivity index (χ2v) is 10.4. The molecule has 7 nitrogen and oxygen atoms in total. The number of carbonyl (C=O) groups excluding carboxylic acids is 1. The Morgan fingerprint density at radius 2 is 1.97 bits per heavy atom. The number of aromatic nitrogens is 2. The number of anilines is 1. The van der Waals surface area contributed by atoms with Gasteiger partial charge in [0, 0.05) is 25.1 Å². The van der Waals surface area contributed by atoms with Gasteiger partial charge in [0.2, 0.25) is 15.9 Å². The van der Waals surface area contributed by atoms with Gasteiger partial charge in [0.05, 0.1) is 15.5 Å². The molecule has 3 heterocycles. The zero-order chi connectivity index (χ0) is 21.3. The zero-order valence-electron chi connectivity index (χ0n) is 16.9. The molecule has 1 aromatic carbocycles. The maximum atomic E-state index is 13.0. The van der Waals surface area contributed by atoms with Crippen molar-refractivity contribution in [3.05, 3.63) is 52.9 Å². The largest absolute Gasteiger partial charge is 0.309 e. The molecule has 0 unspecified atom stereocenters. The highest BCUT2D eigenvalue weighted by Crippen LogP contribution is 2.28. The average Bonchev–Trinajstić information content (AvgIpc) is 3.39. The van der Waals surface area contributed by atoms with E-state index in [4.69, 9.17) is 0 Å². The predicted molar refractivity (Wildman–Crippen MR) is 118 cm³/mol. The number of benzene rings is 1. The summed E-state index contributed by atoms with van der Waals surface area (Å²) < 4.78 is 27.5. The van der Waals surface area contributed by atoms with Crippen molar-refractivity contribution in [2.45, 2.75) is 31.6 Å². The summed E-state index contributed by atoms with van der Waals surface area (Å²) >= 11 is 1.59. The Morgan fingerprint density at radius 3 is 2.63 bits per heavy atom. The fourth-order valence-corrected chi connectivity index (χ4v) is 6.13. The highest BCUT2D eigenvalue weighted by molar-refractivity contribution is 7.89. The number of hydrogen-bond acceptors (Lipinski definition) is 5. The molecule has 1 saturated heterocycles. The first kappa shape index (κ1) is 20.8. The standard InChI is InChI=1S/C21H24N4O3S2/c1-14-5-6-19(15(2)12-14)30(27,28)25-9-7-16(8-10-25)21(26)22-20-13-17(23-24-20)18-4-3-11-29-18/h3-6,11-13,16H,7-10H2,1-2H3,(H2,22,23,24,26). The van der Waals surface area contributed by atoms with Crippen molar-refractivity contribution < 1.29 is 13.2 Å². The minimum atomic E-state index is -3.55. The Bertz CT molecular complexity index is 1140. The van der Waals surface area contributed by atoms with Gasteiger partial charge in [0.15, 0.2) is 5.82 Å². The third kappa shape index (κ3) is 4.19. The molecule has 1 aliphatic heterocycles. The van der Waals surface area contributed by atoms with Gasteiger partial charge in [0.25, 0.3) is 0 Å². The molecular formula is C21H24N4O3S2. The number of rotatable bonds is 5. The van der Waals surface area contributed by atoms with E-state index in [0.717, 1.165) is 21.7 Å². The van der Waals surface area contributed by atoms with Crippen molar-refractivity contribution in [3.8, 4) is 10.6 Å². The van der Waals surface area contributed by atoms with Gasteiger partial charge in [-0.3, -0.25) is 9.89 Å². The van der Waals surface area contributed by atoms with Crippen molar-refractivity contribution in [1.82, 2.24) is 14.5 Å². The van der Waals surface area contributed by atoms with Crippen LogP contribution in [0.15, 0.2) is 46.7 Å².